The Labute approximate surface area is 193 Å². The van der Waals surface area contributed by atoms with Crippen LogP contribution < -0.4 is 4.90 Å². The maximum atomic E-state index is 13.2. The van der Waals surface area contributed by atoms with E-state index in [1.54, 1.807) is 12.4 Å². The number of aromatic nitrogens is 4. The van der Waals surface area contributed by atoms with E-state index in [1.807, 2.05) is 52.0 Å². The van der Waals surface area contributed by atoms with Crippen LogP contribution >= 0.6 is 0 Å². The Morgan fingerprint density at radius 1 is 0.848 bits per heavy atom. The predicted molar refractivity (Wildman–Crippen MR) is 129 cm³/mol. The second-order valence-electron chi connectivity index (χ2n) is 8.22. The van der Waals surface area contributed by atoms with E-state index in [9.17, 15) is 4.79 Å². The van der Waals surface area contributed by atoms with Gasteiger partial charge in [-0.2, -0.15) is 5.10 Å². The van der Waals surface area contributed by atoms with Crippen molar-refractivity contribution in [2.24, 2.45) is 0 Å². The van der Waals surface area contributed by atoms with Crippen LogP contribution in [0.25, 0.3) is 22.5 Å². The highest BCUT2D eigenvalue weighted by Gasteiger charge is 2.24. The zero-order valence-electron chi connectivity index (χ0n) is 18.6. The third-order valence-corrected chi connectivity index (χ3v) is 5.92. The Balaban J connectivity index is 1.36. The Hall–Kier alpha value is -4.00. The zero-order valence-corrected chi connectivity index (χ0v) is 18.6. The summed E-state index contributed by atoms with van der Waals surface area (Å²) in [6.45, 7) is 5.00. The van der Waals surface area contributed by atoms with Crippen molar-refractivity contribution in [1.82, 2.24) is 24.6 Å². The maximum Gasteiger partial charge on any atom is 0.244 e. The Bertz CT molecular complexity index is 1230. The smallest absolute Gasteiger partial charge is 0.244 e. The summed E-state index contributed by atoms with van der Waals surface area (Å²) in [5, 5.41) is 4.82. The summed E-state index contributed by atoms with van der Waals surface area (Å²) in [6.07, 6.45) is 3.49. The second kappa shape index (κ2) is 9.24. The van der Waals surface area contributed by atoms with E-state index in [1.165, 1.54) is 5.56 Å². The molecule has 0 spiro atoms. The fraction of sp³-hybridized carbons (Fsp3) is 0.231. The molecule has 7 heteroatoms. The van der Waals surface area contributed by atoms with E-state index in [0.717, 1.165) is 35.6 Å². The summed E-state index contributed by atoms with van der Waals surface area (Å²) in [7, 11) is 0. The number of hydrogen-bond acceptors (Lipinski definition) is 5. The van der Waals surface area contributed by atoms with Gasteiger partial charge >= 0.3 is 0 Å². The first-order chi connectivity index (χ1) is 16.2. The SMILES string of the molecule is Cc1cccc(-c2cc(-c3ccccc3)nn2CC(=O)N2CCN(c3ncccn3)CC2)c1. The van der Waals surface area contributed by atoms with Crippen molar-refractivity contribution in [3.8, 4) is 22.5 Å². The van der Waals surface area contributed by atoms with Gasteiger partial charge < -0.3 is 9.80 Å². The standard InChI is InChI=1S/C26H26N6O/c1-20-7-5-10-22(17-20)24-18-23(21-8-3-2-4-9-21)29-32(24)19-25(33)30-13-15-31(16-14-30)26-27-11-6-12-28-26/h2-12,17-18H,13-16,19H2,1H3. The van der Waals surface area contributed by atoms with E-state index in [4.69, 9.17) is 5.10 Å². The summed E-state index contributed by atoms with van der Waals surface area (Å²) >= 11 is 0. The van der Waals surface area contributed by atoms with Crippen LogP contribution in [-0.4, -0.2) is 56.7 Å². The van der Waals surface area contributed by atoms with E-state index in [-0.39, 0.29) is 12.5 Å². The molecule has 5 rings (SSSR count). The Morgan fingerprint density at radius 3 is 2.30 bits per heavy atom. The van der Waals surface area contributed by atoms with E-state index in [0.29, 0.717) is 19.0 Å². The quantitative estimate of drug-likeness (QED) is 0.476. The molecule has 166 valence electrons. The first-order valence-electron chi connectivity index (χ1n) is 11.2. The third kappa shape index (κ3) is 4.62. The predicted octanol–water partition coefficient (Wildman–Crippen LogP) is 3.66. The van der Waals surface area contributed by atoms with E-state index < -0.39 is 0 Å². The van der Waals surface area contributed by atoms with Gasteiger partial charge in [-0.05, 0) is 25.1 Å². The van der Waals surface area contributed by atoms with Crippen molar-refractivity contribution in [3.05, 3.63) is 84.7 Å². The molecular weight excluding hydrogens is 412 g/mol. The molecule has 0 aliphatic carbocycles. The summed E-state index contributed by atoms with van der Waals surface area (Å²) in [4.78, 5) is 25.9. The number of piperazine rings is 1. The summed E-state index contributed by atoms with van der Waals surface area (Å²) in [5.74, 6) is 0.783. The lowest BCUT2D eigenvalue weighted by Gasteiger charge is -2.34. The molecule has 3 heterocycles. The third-order valence-electron chi connectivity index (χ3n) is 5.92. The van der Waals surface area contributed by atoms with Crippen LogP contribution in [0, 0.1) is 6.92 Å². The van der Waals surface area contributed by atoms with Crippen LogP contribution in [0.2, 0.25) is 0 Å². The lowest BCUT2D eigenvalue weighted by atomic mass is 10.1. The highest BCUT2D eigenvalue weighted by atomic mass is 16.2. The molecule has 7 nitrogen and oxygen atoms in total. The molecule has 0 atom stereocenters. The number of carbonyl (C=O) groups excluding carboxylic acids is 1. The van der Waals surface area contributed by atoms with Gasteiger partial charge in [-0.15, -0.1) is 0 Å². The van der Waals surface area contributed by atoms with Gasteiger partial charge in [0, 0.05) is 49.7 Å². The van der Waals surface area contributed by atoms with Crippen LogP contribution in [0.5, 0.6) is 0 Å². The van der Waals surface area contributed by atoms with Gasteiger partial charge in [0.05, 0.1) is 11.4 Å². The zero-order chi connectivity index (χ0) is 22.6. The van der Waals surface area contributed by atoms with Crippen molar-refractivity contribution in [1.29, 1.82) is 0 Å². The number of hydrogen-bond donors (Lipinski definition) is 0. The lowest BCUT2D eigenvalue weighted by molar-refractivity contribution is -0.132. The summed E-state index contributed by atoms with van der Waals surface area (Å²) < 4.78 is 1.84. The van der Waals surface area contributed by atoms with Gasteiger partial charge in [0.1, 0.15) is 6.54 Å². The number of benzene rings is 2. The number of anilines is 1. The highest BCUT2D eigenvalue weighted by Crippen LogP contribution is 2.27. The molecular formula is C26H26N6O. The van der Waals surface area contributed by atoms with Gasteiger partial charge in [-0.3, -0.25) is 9.48 Å². The fourth-order valence-electron chi connectivity index (χ4n) is 4.16. The Kier molecular flexibility index (Phi) is 5.85. The molecule has 0 radical (unpaired) electrons. The second-order valence-corrected chi connectivity index (χ2v) is 8.22. The minimum atomic E-state index is 0.0697. The number of aryl methyl sites for hydroxylation is 1. The average molecular weight is 439 g/mol. The summed E-state index contributed by atoms with van der Waals surface area (Å²) in [6, 6.07) is 22.3. The van der Waals surface area contributed by atoms with Crippen molar-refractivity contribution < 1.29 is 4.79 Å². The molecule has 0 bridgehead atoms. The molecule has 1 aliphatic rings. The molecule has 33 heavy (non-hydrogen) atoms. The minimum Gasteiger partial charge on any atom is -0.338 e. The molecule has 4 aromatic rings. The van der Waals surface area contributed by atoms with Crippen LogP contribution in [-0.2, 0) is 11.3 Å². The first kappa shape index (κ1) is 20.9. The van der Waals surface area contributed by atoms with Gasteiger partial charge in [-0.1, -0.05) is 54.1 Å². The van der Waals surface area contributed by atoms with Gasteiger partial charge in [0.2, 0.25) is 11.9 Å². The molecule has 0 saturated carbocycles. The molecule has 0 N–H and O–H groups in total. The molecule has 0 unspecified atom stereocenters. The topological polar surface area (TPSA) is 67.2 Å². The highest BCUT2D eigenvalue weighted by molar-refractivity contribution is 5.78. The summed E-state index contributed by atoms with van der Waals surface area (Å²) in [5.41, 5.74) is 5.08. The van der Waals surface area contributed by atoms with Gasteiger partial charge in [0.25, 0.3) is 0 Å². The van der Waals surface area contributed by atoms with Crippen molar-refractivity contribution in [2.75, 3.05) is 31.1 Å². The molecule has 2 aromatic heterocycles. The van der Waals surface area contributed by atoms with Crippen molar-refractivity contribution in [2.45, 2.75) is 13.5 Å². The van der Waals surface area contributed by atoms with Crippen molar-refractivity contribution in [3.63, 3.8) is 0 Å². The molecule has 1 aliphatic heterocycles. The number of amides is 1. The largest absolute Gasteiger partial charge is 0.338 e. The number of rotatable bonds is 5. The fourth-order valence-corrected chi connectivity index (χ4v) is 4.16. The minimum absolute atomic E-state index is 0.0697. The van der Waals surface area contributed by atoms with E-state index >= 15 is 0 Å². The van der Waals surface area contributed by atoms with Crippen molar-refractivity contribution >= 4 is 11.9 Å². The van der Waals surface area contributed by atoms with Gasteiger partial charge in [-0.25, -0.2) is 9.97 Å². The van der Waals surface area contributed by atoms with Crippen LogP contribution in [0.15, 0.2) is 79.1 Å². The molecule has 1 amide bonds. The monoisotopic (exact) mass is 438 g/mol. The van der Waals surface area contributed by atoms with E-state index in [2.05, 4.69) is 46.1 Å². The molecule has 1 fully saturated rings. The number of carbonyl (C=O) groups is 1. The van der Waals surface area contributed by atoms with Crippen LogP contribution in [0.1, 0.15) is 5.56 Å². The van der Waals surface area contributed by atoms with Crippen LogP contribution in [0.3, 0.4) is 0 Å². The van der Waals surface area contributed by atoms with Crippen LogP contribution in [0.4, 0.5) is 5.95 Å². The average Bonchev–Trinajstić information content (AvgIpc) is 3.29. The molecule has 1 saturated heterocycles. The Morgan fingerprint density at radius 2 is 1.58 bits per heavy atom. The first-order valence-corrected chi connectivity index (χ1v) is 11.2. The normalized spacial score (nSPS) is 13.8. The maximum absolute atomic E-state index is 13.2. The number of nitrogens with zero attached hydrogens (tertiary/aromatic N) is 6. The lowest BCUT2D eigenvalue weighted by Crippen LogP contribution is -2.50. The molecule has 2 aromatic carbocycles. The van der Waals surface area contributed by atoms with Gasteiger partial charge in [0.15, 0.2) is 0 Å².